The molecule has 1 heterocycles. The zero-order valence-corrected chi connectivity index (χ0v) is 16.7. The van der Waals surface area contributed by atoms with Crippen molar-refractivity contribution in [1.29, 1.82) is 0 Å². The summed E-state index contributed by atoms with van der Waals surface area (Å²) in [6.07, 6.45) is 2.30. The Hall–Kier alpha value is -2.60. The van der Waals surface area contributed by atoms with Crippen LogP contribution in [0.3, 0.4) is 0 Å². The zero-order chi connectivity index (χ0) is 20.9. The number of halogens is 2. The van der Waals surface area contributed by atoms with Crippen LogP contribution >= 0.6 is 0 Å². The Morgan fingerprint density at radius 2 is 1.73 bits per heavy atom. The van der Waals surface area contributed by atoms with Gasteiger partial charge < -0.3 is 14.2 Å². The Morgan fingerprint density at radius 3 is 2.47 bits per heavy atom. The minimum absolute atomic E-state index is 0.110. The van der Waals surface area contributed by atoms with E-state index >= 15 is 4.39 Å². The van der Waals surface area contributed by atoms with Crippen molar-refractivity contribution in [2.24, 2.45) is 0 Å². The van der Waals surface area contributed by atoms with Gasteiger partial charge in [0, 0.05) is 10.9 Å². The van der Waals surface area contributed by atoms with Crippen molar-refractivity contribution in [3.05, 3.63) is 95.6 Å². The van der Waals surface area contributed by atoms with Crippen molar-refractivity contribution in [1.82, 2.24) is 0 Å². The minimum atomic E-state index is -0.487. The summed E-state index contributed by atoms with van der Waals surface area (Å²) >= 11 is 0. The van der Waals surface area contributed by atoms with Crippen molar-refractivity contribution >= 4 is 10.8 Å². The van der Waals surface area contributed by atoms with E-state index in [-0.39, 0.29) is 17.7 Å². The molecule has 1 aliphatic rings. The summed E-state index contributed by atoms with van der Waals surface area (Å²) in [5.41, 5.74) is 2.48. The van der Waals surface area contributed by atoms with Gasteiger partial charge in [-0.2, -0.15) is 0 Å². The van der Waals surface area contributed by atoms with E-state index in [9.17, 15) is 4.39 Å². The molecule has 156 valence electrons. The van der Waals surface area contributed by atoms with Crippen LogP contribution in [0.4, 0.5) is 8.78 Å². The van der Waals surface area contributed by atoms with Crippen molar-refractivity contribution < 1.29 is 23.0 Å². The topological polar surface area (TPSA) is 27.7 Å². The minimum Gasteiger partial charge on any atom is -0.369 e. The predicted octanol–water partition coefficient (Wildman–Crippen LogP) is 5.52. The molecule has 3 aromatic carbocycles. The van der Waals surface area contributed by atoms with Gasteiger partial charge in [0.25, 0.3) is 0 Å². The number of aryl methyl sites for hydroxylation is 2. The Kier molecular flexibility index (Phi) is 6.53. The highest BCUT2D eigenvalue weighted by Crippen LogP contribution is 2.29. The van der Waals surface area contributed by atoms with Gasteiger partial charge in [-0.1, -0.05) is 42.5 Å². The molecule has 0 spiro atoms. The van der Waals surface area contributed by atoms with Gasteiger partial charge >= 0.3 is 0 Å². The van der Waals surface area contributed by atoms with E-state index in [1.165, 1.54) is 12.1 Å². The van der Waals surface area contributed by atoms with Gasteiger partial charge in [-0.3, -0.25) is 0 Å². The molecule has 0 radical (unpaired) electrons. The second-order valence-corrected chi connectivity index (χ2v) is 7.39. The van der Waals surface area contributed by atoms with Gasteiger partial charge in [-0.25, -0.2) is 8.78 Å². The molecule has 0 saturated carbocycles. The molecular weight excluding hydrogens is 386 g/mol. The predicted molar refractivity (Wildman–Crippen MR) is 112 cm³/mol. The molecule has 0 bridgehead atoms. The van der Waals surface area contributed by atoms with E-state index < -0.39 is 6.29 Å². The molecular formula is C25H24F2O3. The fraction of sp³-hybridized carbons (Fsp3) is 0.280. The molecule has 0 unspecified atom stereocenters. The monoisotopic (exact) mass is 410 g/mol. The molecule has 0 N–H and O–H groups in total. The fourth-order valence-electron chi connectivity index (χ4n) is 3.60. The second-order valence-electron chi connectivity index (χ2n) is 7.39. The summed E-state index contributed by atoms with van der Waals surface area (Å²) in [6.45, 7) is 4.96. The first kappa shape index (κ1) is 20.7. The van der Waals surface area contributed by atoms with Crippen molar-refractivity contribution in [3.8, 4) is 0 Å². The summed E-state index contributed by atoms with van der Waals surface area (Å²) < 4.78 is 45.2. The molecule has 5 heteroatoms. The highest BCUT2D eigenvalue weighted by Gasteiger charge is 2.24. The number of ether oxygens (including phenoxy) is 3. The van der Waals surface area contributed by atoms with Gasteiger partial charge in [-0.05, 0) is 47.6 Å². The third-order valence-corrected chi connectivity index (χ3v) is 5.24. The molecule has 0 atom stereocenters. The third-order valence-electron chi connectivity index (χ3n) is 5.24. The SMILES string of the molecule is C=CCOC1COC(c2ccc3c(F)c(CCc4ccc(F)cc4)ccc3c2)OC1. The van der Waals surface area contributed by atoms with Crippen LogP contribution in [0.5, 0.6) is 0 Å². The van der Waals surface area contributed by atoms with Crippen LogP contribution < -0.4 is 0 Å². The molecule has 30 heavy (non-hydrogen) atoms. The number of hydrogen-bond acceptors (Lipinski definition) is 3. The molecule has 0 aromatic heterocycles. The van der Waals surface area contributed by atoms with E-state index in [1.807, 2.05) is 24.3 Å². The van der Waals surface area contributed by atoms with Crippen LogP contribution in [0.25, 0.3) is 10.8 Å². The molecule has 3 nitrogen and oxygen atoms in total. The lowest BCUT2D eigenvalue weighted by atomic mass is 9.99. The van der Waals surface area contributed by atoms with Crippen LogP contribution in [0.1, 0.15) is 23.0 Å². The van der Waals surface area contributed by atoms with Gasteiger partial charge in [0.15, 0.2) is 6.29 Å². The first-order valence-electron chi connectivity index (χ1n) is 10.0. The number of rotatable bonds is 7. The number of benzene rings is 3. The van der Waals surface area contributed by atoms with Crippen LogP contribution in [0.2, 0.25) is 0 Å². The van der Waals surface area contributed by atoms with E-state index in [4.69, 9.17) is 14.2 Å². The molecule has 1 fully saturated rings. The first-order valence-corrected chi connectivity index (χ1v) is 10.0. The summed E-state index contributed by atoms with van der Waals surface area (Å²) in [5, 5.41) is 1.37. The lowest BCUT2D eigenvalue weighted by molar-refractivity contribution is -0.228. The van der Waals surface area contributed by atoms with Crippen LogP contribution in [0.15, 0.2) is 67.3 Å². The Morgan fingerprint density at radius 1 is 0.967 bits per heavy atom. The second kappa shape index (κ2) is 9.47. The van der Waals surface area contributed by atoms with Crippen molar-refractivity contribution in [2.75, 3.05) is 19.8 Å². The number of fused-ring (bicyclic) bond motifs is 1. The normalized spacial score (nSPS) is 19.1. The molecule has 0 amide bonds. The van der Waals surface area contributed by atoms with Gasteiger partial charge in [0.05, 0.1) is 19.8 Å². The quantitative estimate of drug-likeness (QED) is 0.480. The molecule has 1 aliphatic heterocycles. The highest BCUT2D eigenvalue weighted by molar-refractivity contribution is 5.84. The molecule has 3 aromatic rings. The summed E-state index contributed by atoms with van der Waals surface area (Å²) in [5.74, 6) is -0.485. The largest absolute Gasteiger partial charge is 0.369 e. The van der Waals surface area contributed by atoms with E-state index in [2.05, 4.69) is 6.58 Å². The number of hydrogen-bond donors (Lipinski definition) is 0. The smallest absolute Gasteiger partial charge is 0.184 e. The average Bonchev–Trinajstić information content (AvgIpc) is 2.78. The lowest BCUT2D eigenvalue weighted by Gasteiger charge is -2.29. The molecule has 4 rings (SSSR count). The third kappa shape index (κ3) is 4.75. The Bertz CT molecular complexity index is 1010. The summed E-state index contributed by atoms with van der Waals surface area (Å²) in [6, 6.07) is 15.6. The van der Waals surface area contributed by atoms with E-state index in [1.54, 1.807) is 24.3 Å². The van der Waals surface area contributed by atoms with E-state index in [0.29, 0.717) is 43.6 Å². The van der Waals surface area contributed by atoms with Crippen molar-refractivity contribution in [2.45, 2.75) is 25.2 Å². The van der Waals surface area contributed by atoms with Crippen LogP contribution in [0, 0.1) is 11.6 Å². The highest BCUT2D eigenvalue weighted by atomic mass is 19.1. The van der Waals surface area contributed by atoms with Crippen LogP contribution in [-0.2, 0) is 27.1 Å². The summed E-state index contributed by atoms with van der Waals surface area (Å²) in [4.78, 5) is 0. The lowest BCUT2D eigenvalue weighted by Crippen LogP contribution is -2.33. The maximum Gasteiger partial charge on any atom is 0.184 e. The maximum atomic E-state index is 15.0. The van der Waals surface area contributed by atoms with Gasteiger partial charge in [0.2, 0.25) is 0 Å². The van der Waals surface area contributed by atoms with Crippen LogP contribution in [-0.4, -0.2) is 25.9 Å². The fourth-order valence-corrected chi connectivity index (χ4v) is 3.60. The van der Waals surface area contributed by atoms with E-state index in [0.717, 1.165) is 16.5 Å². The average molecular weight is 410 g/mol. The standard InChI is InChI=1S/C25H24F2O3/c1-2-13-28-22-15-29-25(30-16-22)20-9-12-23-19(14-20)8-7-18(24(23)27)6-3-17-4-10-21(26)11-5-17/h2,4-5,7-12,14,22,25H,1,3,6,13,15-16H2. The van der Waals surface area contributed by atoms with Crippen molar-refractivity contribution in [3.63, 3.8) is 0 Å². The van der Waals surface area contributed by atoms with Gasteiger partial charge in [-0.15, -0.1) is 6.58 Å². The van der Waals surface area contributed by atoms with Gasteiger partial charge in [0.1, 0.15) is 17.7 Å². The Labute approximate surface area is 174 Å². The summed E-state index contributed by atoms with van der Waals surface area (Å²) in [7, 11) is 0. The zero-order valence-electron chi connectivity index (χ0n) is 16.7. The molecule has 0 aliphatic carbocycles. The first-order chi connectivity index (χ1) is 14.6. The maximum absolute atomic E-state index is 15.0. The Balaban J connectivity index is 1.44. The molecule has 1 saturated heterocycles.